The van der Waals surface area contributed by atoms with Crippen molar-refractivity contribution in [2.75, 3.05) is 6.61 Å². The summed E-state index contributed by atoms with van der Waals surface area (Å²) in [5, 5.41) is 23.5. The molecular formula is C19H26ClNO3. The number of carbonyl (C=O) groups excluding carboxylic acids is 1. The molecule has 3 atom stereocenters. The Morgan fingerprint density at radius 2 is 2.25 bits per heavy atom. The molecule has 1 aliphatic rings. The van der Waals surface area contributed by atoms with Gasteiger partial charge in [-0.15, -0.1) is 6.58 Å². The lowest BCUT2D eigenvalue weighted by Gasteiger charge is -2.31. The largest absolute Gasteiger partial charge is 0.394 e. The van der Waals surface area contributed by atoms with Crippen LogP contribution < -0.4 is 5.32 Å². The van der Waals surface area contributed by atoms with Crippen LogP contribution in [0.2, 0.25) is 5.02 Å². The third-order valence-electron chi connectivity index (χ3n) is 4.72. The molecule has 1 amide bonds. The quantitative estimate of drug-likeness (QED) is 0.598. The van der Waals surface area contributed by atoms with E-state index in [-0.39, 0.29) is 25.0 Å². The Hall–Kier alpha value is -1.36. The first kappa shape index (κ1) is 19.0. The molecule has 1 aromatic rings. The van der Waals surface area contributed by atoms with Gasteiger partial charge in [-0.3, -0.25) is 4.79 Å². The van der Waals surface area contributed by atoms with E-state index < -0.39 is 11.5 Å². The lowest BCUT2D eigenvalue weighted by atomic mass is 9.78. The van der Waals surface area contributed by atoms with E-state index in [2.05, 4.69) is 11.9 Å². The van der Waals surface area contributed by atoms with E-state index in [4.69, 9.17) is 11.6 Å². The molecule has 0 spiro atoms. The SMILES string of the molecule is C=CC[C@@](C)(C[C@@H](O)c1cccc(Cl)c1)C(=O)N[C@H](CO)C1CC1. The molecule has 1 fully saturated rings. The summed E-state index contributed by atoms with van der Waals surface area (Å²) < 4.78 is 0. The molecule has 1 aromatic carbocycles. The number of carbonyl (C=O) groups is 1. The number of aliphatic hydroxyl groups is 2. The molecular weight excluding hydrogens is 326 g/mol. The Labute approximate surface area is 148 Å². The number of aliphatic hydroxyl groups excluding tert-OH is 2. The molecule has 0 bridgehead atoms. The van der Waals surface area contributed by atoms with Crippen molar-refractivity contribution in [1.29, 1.82) is 0 Å². The van der Waals surface area contributed by atoms with Gasteiger partial charge < -0.3 is 15.5 Å². The Balaban J connectivity index is 2.10. The van der Waals surface area contributed by atoms with Gasteiger partial charge in [0.2, 0.25) is 5.91 Å². The van der Waals surface area contributed by atoms with Crippen LogP contribution in [0.25, 0.3) is 0 Å². The number of benzene rings is 1. The zero-order valence-corrected chi connectivity index (χ0v) is 14.8. The number of hydrogen-bond donors (Lipinski definition) is 3. The first-order valence-corrected chi connectivity index (χ1v) is 8.73. The van der Waals surface area contributed by atoms with Gasteiger partial charge in [0.1, 0.15) is 0 Å². The van der Waals surface area contributed by atoms with Gasteiger partial charge in [-0.05, 0) is 49.3 Å². The van der Waals surface area contributed by atoms with E-state index in [0.717, 1.165) is 12.8 Å². The number of rotatable bonds is 9. The second-order valence-electron chi connectivity index (χ2n) is 6.93. The monoisotopic (exact) mass is 351 g/mol. The van der Waals surface area contributed by atoms with Crippen LogP contribution in [-0.2, 0) is 4.79 Å². The van der Waals surface area contributed by atoms with Crippen molar-refractivity contribution in [3.8, 4) is 0 Å². The summed E-state index contributed by atoms with van der Waals surface area (Å²) in [5.74, 6) is 0.208. The van der Waals surface area contributed by atoms with E-state index in [9.17, 15) is 15.0 Å². The number of hydrogen-bond acceptors (Lipinski definition) is 3. The van der Waals surface area contributed by atoms with Crippen molar-refractivity contribution in [2.24, 2.45) is 11.3 Å². The highest BCUT2D eigenvalue weighted by Gasteiger charge is 2.39. The summed E-state index contributed by atoms with van der Waals surface area (Å²) in [4.78, 5) is 12.8. The number of amides is 1. The van der Waals surface area contributed by atoms with Crippen molar-refractivity contribution in [1.82, 2.24) is 5.32 Å². The fraction of sp³-hybridized carbons (Fsp3) is 0.526. The Morgan fingerprint density at radius 1 is 1.54 bits per heavy atom. The zero-order chi connectivity index (χ0) is 17.7. The molecule has 132 valence electrons. The normalized spacial score (nSPS) is 19.2. The maximum absolute atomic E-state index is 12.8. The second-order valence-corrected chi connectivity index (χ2v) is 7.36. The molecule has 4 nitrogen and oxygen atoms in total. The summed E-state index contributed by atoms with van der Waals surface area (Å²) in [6, 6.07) is 6.82. The van der Waals surface area contributed by atoms with Crippen molar-refractivity contribution in [2.45, 2.75) is 44.8 Å². The Kier molecular flexibility index (Phi) is 6.44. The third-order valence-corrected chi connectivity index (χ3v) is 4.96. The topological polar surface area (TPSA) is 69.6 Å². The van der Waals surface area contributed by atoms with E-state index >= 15 is 0 Å². The van der Waals surface area contributed by atoms with Crippen LogP contribution in [-0.4, -0.2) is 28.8 Å². The number of allylic oxidation sites excluding steroid dienone is 1. The standard InChI is InChI=1S/C19H26ClNO3/c1-3-9-19(2,18(24)21-16(12-22)13-7-8-13)11-17(23)14-5-4-6-15(20)10-14/h3-6,10,13,16-17,22-23H,1,7-9,11-12H2,2H3,(H,21,24)/t16-,17-,19+/m1/s1. The van der Waals surface area contributed by atoms with Crippen LogP contribution in [0.4, 0.5) is 0 Å². The molecule has 0 radical (unpaired) electrons. The van der Waals surface area contributed by atoms with Crippen LogP contribution in [0.3, 0.4) is 0 Å². The van der Waals surface area contributed by atoms with Gasteiger partial charge in [-0.25, -0.2) is 0 Å². The molecule has 2 rings (SSSR count). The Morgan fingerprint density at radius 3 is 2.79 bits per heavy atom. The van der Waals surface area contributed by atoms with Crippen molar-refractivity contribution in [3.05, 3.63) is 47.5 Å². The highest BCUT2D eigenvalue weighted by Crippen LogP contribution is 2.37. The first-order valence-electron chi connectivity index (χ1n) is 8.36. The van der Waals surface area contributed by atoms with Gasteiger partial charge >= 0.3 is 0 Å². The summed E-state index contributed by atoms with van der Waals surface area (Å²) in [7, 11) is 0. The average molecular weight is 352 g/mol. The summed E-state index contributed by atoms with van der Waals surface area (Å²) in [5.41, 5.74) is -0.113. The molecule has 0 heterocycles. The van der Waals surface area contributed by atoms with Gasteiger partial charge in [0.25, 0.3) is 0 Å². The summed E-state index contributed by atoms with van der Waals surface area (Å²) in [6.07, 6.45) is 3.67. The maximum atomic E-state index is 12.8. The van der Waals surface area contributed by atoms with Crippen molar-refractivity contribution in [3.63, 3.8) is 0 Å². The number of halogens is 1. The number of nitrogens with one attached hydrogen (secondary N) is 1. The predicted octanol–water partition coefficient (Wildman–Crippen LogP) is 3.23. The molecule has 3 N–H and O–H groups in total. The maximum Gasteiger partial charge on any atom is 0.226 e. The molecule has 0 unspecified atom stereocenters. The van der Waals surface area contributed by atoms with Crippen molar-refractivity contribution < 1.29 is 15.0 Å². The van der Waals surface area contributed by atoms with Crippen molar-refractivity contribution >= 4 is 17.5 Å². The minimum Gasteiger partial charge on any atom is -0.394 e. The molecule has 1 saturated carbocycles. The second kappa shape index (κ2) is 8.15. The van der Waals surface area contributed by atoms with E-state index in [0.29, 0.717) is 22.9 Å². The highest BCUT2D eigenvalue weighted by molar-refractivity contribution is 6.30. The lowest BCUT2D eigenvalue weighted by Crippen LogP contribution is -2.47. The highest BCUT2D eigenvalue weighted by atomic mass is 35.5. The van der Waals surface area contributed by atoms with Crippen LogP contribution in [0.15, 0.2) is 36.9 Å². The summed E-state index contributed by atoms with van der Waals surface area (Å²) >= 11 is 5.98. The van der Waals surface area contributed by atoms with Gasteiger partial charge in [-0.1, -0.05) is 36.7 Å². The molecule has 0 saturated heterocycles. The van der Waals surface area contributed by atoms with Crippen LogP contribution in [0.5, 0.6) is 0 Å². The molecule has 0 aliphatic heterocycles. The van der Waals surface area contributed by atoms with Gasteiger partial charge in [-0.2, -0.15) is 0 Å². The minimum atomic E-state index is -0.800. The van der Waals surface area contributed by atoms with Gasteiger partial charge in [0.15, 0.2) is 0 Å². The fourth-order valence-corrected chi connectivity index (χ4v) is 3.20. The van der Waals surface area contributed by atoms with Crippen LogP contribution >= 0.6 is 11.6 Å². The molecule has 5 heteroatoms. The first-order chi connectivity index (χ1) is 11.4. The minimum absolute atomic E-state index is 0.0581. The smallest absolute Gasteiger partial charge is 0.226 e. The molecule has 0 aromatic heterocycles. The molecule has 1 aliphatic carbocycles. The predicted molar refractivity (Wildman–Crippen MR) is 95.7 cm³/mol. The average Bonchev–Trinajstić information content (AvgIpc) is 3.37. The van der Waals surface area contributed by atoms with Gasteiger partial charge in [0, 0.05) is 5.02 Å². The fourth-order valence-electron chi connectivity index (χ4n) is 3.00. The van der Waals surface area contributed by atoms with Crippen LogP contribution in [0.1, 0.15) is 44.3 Å². The summed E-state index contributed by atoms with van der Waals surface area (Å²) in [6.45, 7) is 5.50. The Bertz CT molecular complexity index is 588. The van der Waals surface area contributed by atoms with Gasteiger partial charge in [0.05, 0.1) is 24.2 Å². The molecule has 24 heavy (non-hydrogen) atoms. The van der Waals surface area contributed by atoms with E-state index in [1.165, 1.54) is 0 Å². The lowest BCUT2D eigenvalue weighted by molar-refractivity contribution is -0.133. The third kappa shape index (κ3) is 4.82. The zero-order valence-electron chi connectivity index (χ0n) is 14.0. The van der Waals surface area contributed by atoms with E-state index in [1.807, 2.05) is 6.92 Å². The van der Waals surface area contributed by atoms with E-state index in [1.54, 1.807) is 30.3 Å². The van der Waals surface area contributed by atoms with Crippen LogP contribution in [0, 0.1) is 11.3 Å².